The van der Waals surface area contributed by atoms with Gasteiger partial charge in [0.1, 0.15) is 0 Å². The Morgan fingerprint density at radius 3 is 2.52 bits per heavy atom. The van der Waals surface area contributed by atoms with Crippen LogP contribution in [0.3, 0.4) is 0 Å². The average molecular weight is 318 g/mol. The predicted molar refractivity (Wildman–Crippen MR) is 89.7 cm³/mol. The molecule has 1 atom stereocenters. The van der Waals surface area contributed by atoms with Gasteiger partial charge in [0.25, 0.3) is 0 Å². The minimum atomic E-state index is -0.909. The van der Waals surface area contributed by atoms with E-state index in [1.807, 2.05) is 29.0 Å². The van der Waals surface area contributed by atoms with Crippen molar-refractivity contribution in [3.8, 4) is 0 Å². The third-order valence-corrected chi connectivity index (χ3v) is 4.67. The van der Waals surface area contributed by atoms with Gasteiger partial charge in [0.15, 0.2) is 0 Å². The first kappa shape index (κ1) is 17.5. The van der Waals surface area contributed by atoms with Crippen molar-refractivity contribution in [2.24, 2.45) is 0 Å². The second kappa shape index (κ2) is 7.59. The lowest BCUT2D eigenvalue weighted by atomic mass is 9.90. The zero-order valence-electron chi connectivity index (χ0n) is 14.2. The molecule has 0 bridgehead atoms. The van der Waals surface area contributed by atoms with Gasteiger partial charge < -0.3 is 10.0 Å². The van der Waals surface area contributed by atoms with E-state index in [1.54, 1.807) is 12.1 Å². The number of piperidine rings is 1. The first-order valence-electron chi connectivity index (χ1n) is 8.19. The molecule has 0 spiro atoms. The monoisotopic (exact) mass is 318 g/mol. The molecule has 23 heavy (non-hydrogen) atoms. The molecule has 0 saturated carbocycles. The van der Waals surface area contributed by atoms with Gasteiger partial charge in [0, 0.05) is 25.0 Å². The number of amides is 1. The number of carboxylic acids is 1. The lowest BCUT2D eigenvalue weighted by Crippen LogP contribution is -2.45. The largest absolute Gasteiger partial charge is 0.478 e. The summed E-state index contributed by atoms with van der Waals surface area (Å²) in [5, 5.41) is 8.97. The number of carboxylic acid groups (broad SMARTS) is 1. The number of carbonyl (C=O) groups is 2. The number of likely N-dealkylation sites (N-methyl/N-ethyl adjacent to an activating group) is 1. The maximum absolute atomic E-state index is 12.4. The number of hydrogen-bond acceptors (Lipinski definition) is 3. The first-order valence-corrected chi connectivity index (χ1v) is 8.19. The molecule has 0 aliphatic carbocycles. The molecule has 0 aromatic heterocycles. The quantitative estimate of drug-likeness (QED) is 0.906. The van der Waals surface area contributed by atoms with E-state index in [4.69, 9.17) is 5.11 Å². The molecular weight excluding hydrogens is 292 g/mol. The average Bonchev–Trinajstić information content (AvgIpc) is 2.54. The number of likely N-dealkylation sites (tertiary alicyclic amines) is 1. The summed E-state index contributed by atoms with van der Waals surface area (Å²) in [7, 11) is 1.97. The topological polar surface area (TPSA) is 60.9 Å². The Morgan fingerprint density at radius 2 is 1.96 bits per heavy atom. The summed E-state index contributed by atoms with van der Waals surface area (Å²) in [5.74, 6) is -0.443. The third kappa shape index (κ3) is 4.55. The van der Waals surface area contributed by atoms with Gasteiger partial charge in [0.05, 0.1) is 12.1 Å². The Balaban J connectivity index is 2.00. The molecule has 5 nitrogen and oxygen atoms in total. The molecule has 1 saturated heterocycles. The normalized spacial score (nSPS) is 18.5. The second-order valence-corrected chi connectivity index (χ2v) is 6.61. The molecule has 1 aliphatic rings. The van der Waals surface area contributed by atoms with Crippen LogP contribution >= 0.6 is 0 Å². The highest BCUT2D eigenvalue weighted by Gasteiger charge is 2.25. The fourth-order valence-corrected chi connectivity index (χ4v) is 2.87. The summed E-state index contributed by atoms with van der Waals surface area (Å²) in [6.07, 6.45) is 2.03. The third-order valence-electron chi connectivity index (χ3n) is 4.67. The zero-order chi connectivity index (χ0) is 17.0. The Hall–Kier alpha value is -1.88. The Labute approximate surface area is 137 Å². The van der Waals surface area contributed by atoms with E-state index in [9.17, 15) is 9.59 Å². The number of benzene rings is 1. The van der Waals surface area contributed by atoms with Crippen molar-refractivity contribution in [2.45, 2.75) is 38.6 Å². The van der Waals surface area contributed by atoms with Gasteiger partial charge in [0.2, 0.25) is 5.91 Å². The van der Waals surface area contributed by atoms with Crippen molar-refractivity contribution in [2.75, 3.05) is 26.7 Å². The molecule has 2 rings (SSSR count). The van der Waals surface area contributed by atoms with Crippen molar-refractivity contribution in [1.29, 1.82) is 0 Å². The van der Waals surface area contributed by atoms with E-state index in [2.05, 4.69) is 13.8 Å². The first-order chi connectivity index (χ1) is 10.9. The van der Waals surface area contributed by atoms with Crippen molar-refractivity contribution in [1.82, 2.24) is 9.80 Å². The number of rotatable bonds is 5. The van der Waals surface area contributed by atoms with E-state index in [1.165, 1.54) is 0 Å². The molecule has 1 aliphatic heterocycles. The van der Waals surface area contributed by atoms with Crippen LogP contribution in [0, 0.1) is 0 Å². The second-order valence-electron chi connectivity index (χ2n) is 6.61. The number of carbonyl (C=O) groups excluding carboxylic acids is 1. The minimum Gasteiger partial charge on any atom is -0.478 e. The van der Waals surface area contributed by atoms with Gasteiger partial charge in [-0.25, -0.2) is 4.79 Å². The summed E-state index contributed by atoms with van der Waals surface area (Å²) in [6.45, 7) is 6.14. The number of nitrogens with zero attached hydrogens (tertiary/aromatic N) is 2. The van der Waals surface area contributed by atoms with Crippen LogP contribution in [-0.4, -0.2) is 59.5 Å². The van der Waals surface area contributed by atoms with Gasteiger partial charge in [-0.3, -0.25) is 9.69 Å². The van der Waals surface area contributed by atoms with E-state index < -0.39 is 5.97 Å². The smallest absolute Gasteiger partial charge is 0.335 e. The lowest BCUT2D eigenvalue weighted by Gasteiger charge is -2.34. The van der Waals surface area contributed by atoms with Gasteiger partial charge >= 0.3 is 5.97 Å². The van der Waals surface area contributed by atoms with E-state index in [-0.39, 0.29) is 5.91 Å². The predicted octanol–water partition coefficient (Wildman–Crippen LogP) is 2.43. The molecular formula is C18H26N2O3. The van der Waals surface area contributed by atoms with Gasteiger partial charge in [-0.2, -0.15) is 0 Å². The van der Waals surface area contributed by atoms with Crippen LogP contribution < -0.4 is 0 Å². The fraction of sp³-hybridized carbons (Fsp3) is 0.556. The van der Waals surface area contributed by atoms with Gasteiger partial charge in [-0.15, -0.1) is 0 Å². The summed E-state index contributed by atoms with van der Waals surface area (Å²) < 4.78 is 0. The Morgan fingerprint density at radius 1 is 1.30 bits per heavy atom. The summed E-state index contributed by atoms with van der Waals surface area (Å²) >= 11 is 0. The van der Waals surface area contributed by atoms with Crippen molar-refractivity contribution >= 4 is 11.9 Å². The van der Waals surface area contributed by atoms with Gasteiger partial charge in [-0.05, 0) is 51.4 Å². The molecule has 126 valence electrons. The molecule has 1 amide bonds. The molecule has 0 unspecified atom stereocenters. The fourth-order valence-electron chi connectivity index (χ4n) is 2.87. The zero-order valence-corrected chi connectivity index (χ0v) is 14.2. The van der Waals surface area contributed by atoms with E-state index >= 15 is 0 Å². The van der Waals surface area contributed by atoms with Crippen LogP contribution in [0.2, 0.25) is 0 Å². The molecule has 1 fully saturated rings. The summed E-state index contributed by atoms with van der Waals surface area (Å²) in [4.78, 5) is 27.4. The molecule has 0 radical (unpaired) electrons. The molecule has 1 N–H and O–H groups in total. The maximum atomic E-state index is 12.4. The Bertz CT molecular complexity index is 554. The van der Waals surface area contributed by atoms with Crippen LogP contribution in [-0.2, 0) is 4.79 Å². The highest BCUT2D eigenvalue weighted by Crippen LogP contribution is 2.27. The summed E-state index contributed by atoms with van der Waals surface area (Å²) in [5.41, 5.74) is 1.42. The minimum absolute atomic E-state index is 0.174. The molecule has 5 heteroatoms. The maximum Gasteiger partial charge on any atom is 0.335 e. The van der Waals surface area contributed by atoms with Crippen molar-refractivity contribution in [3.63, 3.8) is 0 Å². The van der Waals surface area contributed by atoms with Crippen LogP contribution in [0.15, 0.2) is 24.3 Å². The van der Waals surface area contributed by atoms with Crippen molar-refractivity contribution < 1.29 is 14.7 Å². The molecule has 1 aromatic carbocycles. The number of hydrogen-bond donors (Lipinski definition) is 1. The SMILES string of the molecule is CC(C)N(C)CC(=O)N1CCC[C@@H](c2ccc(C(=O)O)cc2)C1. The van der Waals surface area contributed by atoms with Crippen molar-refractivity contribution in [3.05, 3.63) is 35.4 Å². The van der Waals surface area contributed by atoms with E-state index in [0.717, 1.165) is 31.5 Å². The standard InChI is InChI=1S/C18H26N2O3/c1-13(2)19(3)12-17(21)20-10-4-5-16(11-20)14-6-8-15(9-7-14)18(22)23/h6-9,13,16H,4-5,10-12H2,1-3H3,(H,22,23)/t16-/m1/s1. The molecule has 1 heterocycles. The van der Waals surface area contributed by atoms with Gasteiger partial charge in [-0.1, -0.05) is 12.1 Å². The molecule has 1 aromatic rings. The van der Waals surface area contributed by atoms with Crippen LogP contribution in [0.5, 0.6) is 0 Å². The van der Waals surface area contributed by atoms with Crippen LogP contribution in [0.25, 0.3) is 0 Å². The number of aromatic carboxylic acids is 1. The van der Waals surface area contributed by atoms with Crippen LogP contribution in [0.1, 0.15) is 48.5 Å². The summed E-state index contributed by atoms with van der Waals surface area (Å²) in [6, 6.07) is 7.39. The Kier molecular flexibility index (Phi) is 5.77. The lowest BCUT2D eigenvalue weighted by molar-refractivity contribution is -0.133. The van der Waals surface area contributed by atoms with Crippen LogP contribution in [0.4, 0.5) is 0 Å². The highest BCUT2D eigenvalue weighted by atomic mass is 16.4. The highest BCUT2D eigenvalue weighted by molar-refractivity contribution is 5.87. The van der Waals surface area contributed by atoms with E-state index in [0.29, 0.717) is 24.1 Å².